The Morgan fingerprint density at radius 2 is 1.80 bits per heavy atom. The second kappa shape index (κ2) is 6.04. The number of benzene rings is 1. The summed E-state index contributed by atoms with van der Waals surface area (Å²) in [7, 11) is -3.22. The molecule has 0 bridgehead atoms. The number of rotatable bonds is 4. The summed E-state index contributed by atoms with van der Waals surface area (Å²) in [5, 5.41) is 0. The third-order valence-corrected chi connectivity index (χ3v) is 6.12. The highest BCUT2D eigenvalue weighted by Gasteiger charge is 2.31. The SMILES string of the molecule is CC1(C)CCN(S(=O)(=O)Cc2cccc(CCl)c2)CC1. The second-order valence-electron chi connectivity index (χ2n) is 6.27. The third kappa shape index (κ3) is 3.96. The number of alkyl halides is 1. The molecule has 112 valence electrons. The van der Waals surface area contributed by atoms with E-state index in [-0.39, 0.29) is 11.2 Å². The maximum atomic E-state index is 12.5. The van der Waals surface area contributed by atoms with Gasteiger partial charge in [-0.15, -0.1) is 11.6 Å². The Labute approximate surface area is 127 Å². The van der Waals surface area contributed by atoms with Crippen LogP contribution in [0.5, 0.6) is 0 Å². The second-order valence-corrected chi connectivity index (χ2v) is 8.51. The quantitative estimate of drug-likeness (QED) is 0.799. The third-order valence-electron chi connectivity index (χ3n) is 3.96. The van der Waals surface area contributed by atoms with E-state index in [1.165, 1.54) is 0 Å². The van der Waals surface area contributed by atoms with E-state index in [9.17, 15) is 8.42 Å². The molecule has 0 aromatic heterocycles. The van der Waals surface area contributed by atoms with Gasteiger partial charge in [0, 0.05) is 19.0 Å². The Hall–Kier alpha value is -0.580. The normalized spacial score (nSPS) is 19.9. The van der Waals surface area contributed by atoms with Gasteiger partial charge in [-0.05, 0) is 29.4 Å². The first-order chi connectivity index (χ1) is 9.32. The molecule has 1 heterocycles. The van der Waals surface area contributed by atoms with E-state index in [1.807, 2.05) is 24.3 Å². The van der Waals surface area contributed by atoms with E-state index >= 15 is 0 Å². The highest BCUT2D eigenvalue weighted by molar-refractivity contribution is 7.88. The molecule has 1 aliphatic rings. The number of piperidine rings is 1. The Kier molecular flexibility index (Phi) is 4.77. The van der Waals surface area contributed by atoms with Crippen LogP contribution < -0.4 is 0 Å². The molecule has 0 spiro atoms. The maximum absolute atomic E-state index is 12.5. The van der Waals surface area contributed by atoms with E-state index in [2.05, 4.69) is 13.8 Å². The summed E-state index contributed by atoms with van der Waals surface area (Å²) in [5.74, 6) is 0.476. The number of hydrogen-bond donors (Lipinski definition) is 0. The maximum Gasteiger partial charge on any atom is 0.218 e. The molecule has 0 aliphatic carbocycles. The fraction of sp³-hybridized carbons (Fsp3) is 0.600. The Morgan fingerprint density at radius 3 is 2.40 bits per heavy atom. The molecule has 0 N–H and O–H groups in total. The lowest BCUT2D eigenvalue weighted by Crippen LogP contribution is -2.41. The molecule has 0 unspecified atom stereocenters. The lowest BCUT2D eigenvalue weighted by atomic mass is 9.83. The summed E-state index contributed by atoms with van der Waals surface area (Å²) < 4.78 is 26.5. The van der Waals surface area contributed by atoms with Crippen molar-refractivity contribution < 1.29 is 8.42 Å². The molecule has 0 atom stereocenters. The van der Waals surface area contributed by atoms with Crippen molar-refractivity contribution in [1.29, 1.82) is 0 Å². The van der Waals surface area contributed by atoms with Crippen molar-refractivity contribution in [3.8, 4) is 0 Å². The molecule has 1 saturated heterocycles. The average Bonchev–Trinajstić information content (AvgIpc) is 2.38. The van der Waals surface area contributed by atoms with Gasteiger partial charge in [-0.1, -0.05) is 38.1 Å². The van der Waals surface area contributed by atoms with Crippen LogP contribution in [0, 0.1) is 5.41 Å². The fourth-order valence-electron chi connectivity index (χ4n) is 2.47. The van der Waals surface area contributed by atoms with E-state index < -0.39 is 10.0 Å². The van der Waals surface area contributed by atoms with Crippen molar-refractivity contribution in [2.24, 2.45) is 5.41 Å². The van der Waals surface area contributed by atoms with Crippen LogP contribution in [0.1, 0.15) is 37.8 Å². The Balaban J connectivity index is 2.07. The van der Waals surface area contributed by atoms with Crippen LogP contribution in [0.2, 0.25) is 0 Å². The summed E-state index contributed by atoms with van der Waals surface area (Å²) in [6, 6.07) is 7.49. The van der Waals surface area contributed by atoms with Gasteiger partial charge in [0.15, 0.2) is 0 Å². The zero-order chi connectivity index (χ0) is 14.8. The molecular formula is C15H22ClNO2S. The van der Waals surface area contributed by atoms with E-state index in [1.54, 1.807) is 4.31 Å². The molecule has 5 heteroatoms. The number of sulfonamides is 1. The topological polar surface area (TPSA) is 37.4 Å². The van der Waals surface area contributed by atoms with Crippen LogP contribution in [-0.4, -0.2) is 25.8 Å². The molecule has 0 saturated carbocycles. The first-order valence-electron chi connectivity index (χ1n) is 6.94. The van der Waals surface area contributed by atoms with Gasteiger partial charge in [-0.3, -0.25) is 0 Å². The van der Waals surface area contributed by atoms with Crippen LogP contribution in [-0.2, 0) is 21.7 Å². The summed E-state index contributed by atoms with van der Waals surface area (Å²) in [4.78, 5) is 0. The molecule has 0 amide bonds. The van der Waals surface area contributed by atoms with Crippen LogP contribution in [0.15, 0.2) is 24.3 Å². The van der Waals surface area contributed by atoms with Gasteiger partial charge in [-0.2, -0.15) is 0 Å². The van der Waals surface area contributed by atoms with Crippen molar-refractivity contribution in [2.45, 2.75) is 38.3 Å². The smallest absolute Gasteiger partial charge is 0.212 e. The highest BCUT2D eigenvalue weighted by atomic mass is 35.5. The van der Waals surface area contributed by atoms with Crippen molar-refractivity contribution in [1.82, 2.24) is 4.31 Å². The first-order valence-corrected chi connectivity index (χ1v) is 9.08. The molecule has 2 rings (SSSR count). The molecule has 1 aromatic rings. The van der Waals surface area contributed by atoms with Crippen molar-refractivity contribution >= 4 is 21.6 Å². The predicted molar refractivity (Wildman–Crippen MR) is 83.2 cm³/mol. The molecule has 0 radical (unpaired) electrons. The summed E-state index contributed by atoms with van der Waals surface area (Å²) in [6.45, 7) is 5.65. The van der Waals surface area contributed by atoms with E-state index in [0.717, 1.165) is 24.0 Å². The van der Waals surface area contributed by atoms with Gasteiger partial charge in [0.25, 0.3) is 0 Å². The summed E-state index contributed by atoms with van der Waals surface area (Å²) in [6.07, 6.45) is 1.85. The monoisotopic (exact) mass is 315 g/mol. The lowest BCUT2D eigenvalue weighted by Gasteiger charge is -2.36. The molecule has 1 fully saturated rings. The van der Waals surface area contributed by atoms with Crippen molar-refractivity contribution in [3.63, 3.8) is 0 Å². The zero-order valence-corrected chi connectivity index (χ0v) is 13.7. The van der Waals surface area contributed by atoms with Gasteiger partial charge in [0.2, 0.25) is 10.0 Å². The van der Waals surface area contributed by atoms with Gasteiger partial charge in [0.05, 0.1) is 5.75 Å². The predicted octanol–water partition coefficient (Wildman–Crippen LogP) is 3.38. The molecular weight excluding hydrogens is 294 g/mol. The van der Waals surface area contributed by atoms with Gasteiger partial charge < -0.3 is 0 Å². The Morgan fingerprint density at radius 1 is 1.20 bits per heavy atom. The standard InChI is InChI=1S/C15H22ClNO2S/c1-15(2)6-8-17(9-7-15)20(18,19)12-14-5-3-4-13(10-14)11-16/h3-5,10H,6-9,11-12H2,1-2H3. The van der Waals surface area contributed by atoms with Crippen molar-refractivity contribution in [3.05, 3.63) is 35.4 Å². The summed E-state index contributed by atoms with van der Waals surface area (Å²) in [5.41, 5.74) is 2.03. The fourth-order valence-corrected chi connectivity index (χ4v) is 4.16. The minimum absolute atomic E-state index is 0.0676. The zero-order valence-electron chi connectivity index (χ0n) is 12.1. The van der Waals surface area contributed by atoms with E-state index in [0.29, 0.717) is 19.0 Å². The lowest BCUT2D eigenvalue weighted by molar-refractivity contribution is 0.195. The van der Waals surface area contributed by atoms with Crippen molar-refractivity contribution in [2.75, 3.05) is 13.1 Å². The van der Waals surface area contributed by atoms with Gasteiger partial charge in [0.1, 0.15) is 0 Å². The molecule has 1 aromatic carbocycles. The van der Waals surface area contributed by atoms with Crippen LogP contribution in [0.25, 0.3) is 0 Å². The first kappa shape index (κ1) is 15.8. The van der Waals surface area contributed by atoms with E-state index in [4.69, 9.17) is 11.6 Å². The molecule has 20 heavy (non-hydrogen) atoms. The average molecular weight is 316 g/mol. The highest BCUT2D eigenvalue weighted by Crippen LogP contribution is 2.31. The number of nitrogens with zero attached hydrogens (tertiary/aromatic N) is 1. The minimum atomic E-state index is -3.22. The Bertz CT molecular complexity index is 559. The largest absolute Gasteiger partial charge is 0.218 e. The van der Waals surface area contributed by atoms with Crippen LogP contribution in [0.3, 0.4) is 0 Å². The van der Waals surface area contributed by atoms with Gasteiger partial charge in [-0.25, -0.2) is 12.7 Å². The number of halogens is 1. The van der Waals surface area contributed by atoms with Gasteiger partial charge >= 0.3 is 0 Å². The molecule has 3 nitrogen and oxygen atoms in total. The van der Waals surface area contributed by atoms with Crippen LogP contribution >= 0.6 is 11.6 Å². The summed E-state index contributed by atoms with van der Waals surface area (Å²) >= 11 is 5.79. The minimum Gasteiger partial charge on any atom is -0.212 e. The number of hydrogen-bond acceptors (Lipinski definition) is 2. The molecule has 1 aliphatic heterocycles. The van der Waals surface area contributed by atoms with Crippen LogP contribution in [0.4, 0.5) is 0 Å².